The van der Waals surface area contributed by atoms with Crippen molar-refractivity contribution >= 4 is 12.3 Å². The van der Waals surface area contributed by atoms with Gasteiger partial charge in [0.15, 0.2) is 0 Å². The number of carbonyl (C=O) groups is 2. The lowest BCUT2D eigenvalue weighted by molar-refractivity contribution is -0.137. The molecule has 0 aromatic rings. The lowest BCUT2D eigenvalue weighted by atomic mass is 10.3. The van der Waals surface area contributed by atoms with Crippen LogP contribution in [0.15, 0.2) is 0 Å². The minimum absolute atomic E-state index is 0.175. The van der Waals surface area contributed by atoms with Crippen LogP contribution in [0.2, 0.25) is 0 Å². The first kappa shape index (κ1) is 18.4. The summed E-state index contributed by atoms with van der Waals surface area (Å²) in [6.45, 7) is 3.00. The topological polar surface area (TPSA) is 81.1 Å². The molecule has 6 nitrogen and oxygen atoms in total. The first-order valence-electron chi connectivity index (χ1n) is 5.53. The van der Waals surface area contributed by atoms with Gasteiger partial charge in [-0.05, 0) is 14.1 Å². The minimum Gasteiger partial charge on any atom is -0.481 e. The van der Waals surface area contributed by atoms with Gasteiger partial charge in [0, 0.05) is 39.7 Å². The van der Waals surface area contributed by atoms with E-state index >= 15 is 0 Å². The number of carboxylic acid groups (broad SMARTS) is 1. The smallest absolute Gasteiger partial charge is 0.304 e. The molecule has 0 radical (unpaired) electrons. The van der Waals surface area contributed by atoms with Gasteiger partial charge in [-0.2, -0.15) is 0 Å². The van der Waals surface area contributed by atoms with Gasteiger partial charge in [-0.25, -0.2) is 0 Å². The van der Waals surface area contributed by atoms with Gasteiger partial charge < -0.3 is 24.8 Å². The summed E-state index contributed by atoms with van der Waals surface area (Å²) in [5.41, 5.74) is 0. The Morgan fingerprint density at radius 3 is 1.94 bits per heavy atom. The van der Waals surface area contributed by atoms with Crippen molar-refractivity contribution < 1.29 is 19.8 Å². The van der Waals surface area contributed by atoms with E-state index in [4.69, 9.17) is 10.2 Å². The highest BCUT2D eigenvalue weighted by Crippen LogP contribution is 1.90. The fourth-order valence-corrected chi connectivity index (χ4v) is 1.12. The van der Waals surface area contributed by atoms with Gasteiger partial charge in [-0.1, -0.05) is 0 Å². The number of aliphatic hydroxyl groups excluding tert-OH is 1. The average Bonchev–Trinajstić information content (AvgIpc) is 2.33. The number of carboxylic acids is 1. The van der Waals surface area contributed by atoms with Crippen LogP contribution in [0.1, 0.15) is 12.8 Å². The van der Waals surface area contributed by atoms with Crippen LogP contribution in [0.5, 0.6) is 0 Å². The molecule has 0 saturated heterocycles. The summed E-state index contributed by atoms with van der Waals surface area (Å²) in [6.07, 6.45) is 1.63. The summed E-state index contributed by atoms with van der Waals surface area (Å²) in [5.74, 6) is -0.767. The summed E-state index contributed by atoms with van der Waals surface area (Å²) in [7, 11) is 4.85. The Morgan fingerprint density at radius 1 is 1.06 bits per heavy atom. The predicted octanol–water partition coefficient (Wildman–Crippen LogP) is -0.478. The second-order valence-corrected chi connectivity index (χ2v) is 3.71. The normalized spacial score (nSPS) is 10.0. The number of likely N-dealkylation sites (N-methyl/N-ethyl adjacent to an activating group) is 2. The van der Waals surface area contributed by atoms with Crippen LogP contribution < -0.4 is 0 Å². The first-order valence-corrected chi connectivity index (χ1v) is 5.53. The standard InChI is InChI=1S/C10H20N2O3.CH4O/c1-11(5-3-9-13)7-8-12(2)6-4-10(14)15;1-2/h9H,3-8H2,1-2H3,(H,14,15);2H,1H3. The molecule has 0 aromatic carbocycles. The number of aliphatic hydroxyl groups is 1. The molecule has 0 atom stereocenters. The van der Waals surface area contributed by atoms with Crippen LogP contribution >= 0.6 is 0 Å². The lowest BCUT2D eigenvalue weighted by Crippen LogP contribution is -2.32. The van der Waals surface area contributed by atoms with Gasteiger partial charge >= 0.3 is 5.97 Å². The Bertz CT molecular complexity index is 200. The van der Waals surface area contributed by atoms with E-state index in [2.05, 4.69) is 4.90 Å². The van der Waals surface area contributed by atoms with Crippen molar-refractivity contribution in [3.8, 4) is 0 Å². The molecule has 0 fully saturated rings. The first-order chi connectivity index (χ1) is 8.06. The zero-order valence-corrected chi connectivity index (χ0v) is 10.9. The molecular formula is C11H24N2O4. The van der Waals surface area contributed by atoms with E-state index in [1.807, 2.05) is 19.0 Å². The van der Waals surface area contributed by atoms with Gasteiger partial charge in [-0.15, -0.1) is 0 Å². The Morgan fingerprint density at radius 2 is 1.53 bits per heavy atom. The summed E-state index contributed by atoms with van der Waals surface area (Å²) < 4.78 is 0. The molecule has 0 unspecified atom stereocenters. The fraction of sp³-hybridized carbons (Fsp3) is 0.818. The van der Waals surface area contributed by atoms with E-state index in [0.29, 0.717) is 13.0 Å². The van der Waals surface area contributed by atoms with Crippen LogP contribution in [0.3, 0.4) is 0 Å². The molecule has 0 rings (SSSR count). The Hall–Kier alpha value is -0.980. The number of aliphatic carboxylic acids is 1. The van der Waals surface area contributed by atoms with Crippen molar-refractivity contribution in [1.29, 1.82) is 0 Å². The number of nitrogens with zero attached hydrogens (tertiary/aromatic N) is 2. The van der Waals surface area contributed by atoms with Gasteiger partial charge in [0.05, 0.1) is 6.42 Å². The summed E-state index contributed by atoms with van der Waals surface area (Å²) in [6, 6.07) is 0. The van der Waals surface area contributed by atoms with Crippen LogP contribution in [-0.4, -0.2) is 79.7 Å². The van der Waals surface area contributed by atoms with Crippen molar-refractivity contribution in [3.63, 3.8) is 0 Å². The van der Waals surface area contributed by atoms with E-state index in [9.17, 15) is 9.59 Å². The van der Waals surface area contributed by atoms with Gasteiger partial charge in [0.2, 0.25) is 0 Å². The molecule has 0 amide bonds. The highest BCUT2D eigenvalue weighted by Gasteiger charge is 2.04. The third-order valence-corrected chi connectivity index (χ3v) is 2.20. The zero-order valence-electron chi connectivity index (χ0n) is 10.9. The molecule has 0 heterocycles. The van der Waals surface area contributed by atoms with Crippen LogP contribution in [-0.2, 0) is 9.59 Å². The largest absolute Gasteiger partial charge is 0.481 e. The van der Waals surface area contributed by atoms with Gasteiger partial charge in [-0.3, -0.25) is 4.79 Å². The van der Waals surface area contributed by atoms with E-state index in [0.717, 1.165) is 33.0 Å². The van der Waals surface area contributed by atoms with E-state index < -0.39 is 5.97 Å². The van der Waals surface area contributed by atoms with E-state index in [-0.39, 0.29) is 6.42 Å². The minimum atomic E-state index is -0.767. The predicted molar refractivity (Wildman–Crippen MR) is 66.1 cm³/mol. The fourth-order valence-electron chi connectivity index (χ4n) is 1.12. The van der Waals surface area contributed by atoms with Crippen molar-refractivity contribution in [2.75, 3.05) is 47.4 Å². The summed E-state index contributed by atoms with van der Waals surface area (Å²) in [5, 5.41) is 15.5. The molecule has 17 heavy (non-hydrogen) atoms. The molecule has 0 aliphatic carbocycles. The van der Waals surface area contributed by atoms with Crippen LogP contribution in [0.25, 0.3) is 0 Å². The number of rotatable bonds is 9. The molecule has 0 aliphatic rings. The van der Waals surface area contributed by atoms with E-state index in [1.54, 1.807) is 0 Å². The summed E-state index contributed by atoms with van der Waals surface area (Å²) in [4.78, 5) is 24.5. The lowest BCUT2D eigenvalue weighted by Gasteiger charge is -2.20. The van der Waals surface area contributed by atoms with Crippen molar-refractivity contribution in [2.24, 2.45) is 0 Å². The van der Waals surface area contributed by atoms with Crippen LogP contribution in [0.4, 0.5) is 0 Å². The maximum atomic E-state index is 10.3. The third-order valence-electron chi connectivity index (χ3n) is 2.20. The molecule has 6 heteroatoms. The van der Waals surface area contributed by atoms with Crippen molar-refractivity contribution in [3.05, 3.63) is 0 Å². The van der Waals surface area contributed by atoms with Gasteiger partial charge in [0.25, 0.3) is 0 Å². The maximum Gasteiger partial charge on any atom is 0.304 e. The second kappa shape index (κ2) is 13.1. The SMILES string of the molecule is CN(CCC=O)CCN(C)CCC(=O)O.CO. The van der Waals surface area contributed by atoms with Crippen molar-refractivity contribution in [1.82, 2.24) is 9.80 Å². The zero-order chi connectivity index (χ0) is 13.7. The summed E-state index contributed by atoms with van der Waals surface area (Å²) >= 11 is 0. The molecule has 0 aliphatic heterocycles. The molecular weight excluding hydrogens is 224 g/mol. The number of hydrogen-bond donors (Lipinski definition) is 2. The molecule has 2 N–H and O–H groups in total. The Balaban J connectivity index is 0. The number of hydrogen-bond acceptors (Lipinski definition) is 5. The highest BCUT2D eigenvalue weighted by atomic mass is 16.4. The highest BCUT2D eigenvalue weighted by molar-refractivity contribution is 5.66. The number of carbonyl (C=O) groups excluding carboxylic acids is 1. The molecule has 0 saturated carbocycles. The van der Waals surface area contributed by atoms with Gasteiger partial charge in [0.1, 0.15) is 6.29 Å². The number of aldehydes is 1. The Labute approximate surface area is 103 Å². The second-order valence-electron chi connectivity index (χ2n) is 3.71. The molecule has 102 valence electrons. The van der Waals surface area contributed by atoms with Crippen LogP contribution in [0, 0.1) is 0 Å². The molecule has 0 spiro atoms. The Kier molecular flexibility index (Phi) is 14.2. The monoisotopic (exact) mass is 248 g/mol. The average molecular weight is 248 g/mol. The quantitative estimate of drug-likeness (QED) is 0.537. The molecule has 0 bridgehead atoms. The van der Waals surface area contributed by atoms with E-state index in [1.165, 1.54) is 0 Å². The third kappa shape index (κ3) is 15.0. The molecule has 0 aromatic heterocycles. The van der Waals surface area contributed by atoms with Crippen molar-refractivity contribution in [2.45, 2.75) is 12.8 Å². The maximum absolute atomic E-state index is 10.3.